The molecule has 0 aromatic heterocycles. The summed E-state index contributed by atoms with van der Waals surface area (Å²) in [6, 6.07) is 8.65. The van der Waals surface area contributed by atoms with E-state index in [4.69, 9.17) is 0 Å². The van der Waals surface area contributed by atoms with Crippen molar-refractivity contribution in [3.05, 3.63) is 30.3 Å². The lowest BCUT2D eigenvalue weighted by Crippen LogP contribution is -2.40. The maximum Gasteiger partial charge on any atom is 0.432 e. The van der Waals surface area contributed by atoms with Gasteiger partial charge in [-0.3, -0.25) is 10.3 Å². The van der Waals surface area contributed by atoms with Crippen LogP contribution in [0.25, 0.3) is 0 Å². The molecule has 3 nitrogen and oxygen atoms in total. The van der Waals surface area contributed by atoms with Crippen molar-refractivity contribution < 1.29 is 13.2 Å². The molecule has 0 bridgehead atoms. The Kier molecular flexibility index (Phi) is 5.00. The molecular weight excluding hydrogens is 267 g/mol. The topological polar surface area (TPSA) is 27.6 Å². The van der Waals surface area contributed by atoms with Crippen LogP contribution in [0.5, 0.6) is 0 Å². The van der Waals surface area contributed by atoms with E-state index in [9.17, 15) is 13.2 Å². The maximum absolute atomic E-state index is 13.0. The van der Waals surface area contributed by atoms with Gasteiger partial charge in [0.15, 0.2) is 5.71 Å². The fraction of sp³-hybridized carbons (Fsp3) is 0.500. The Morgan fingerprint density at radius 3 is 2.35 bits per heavy atom. The molecule has 20 heavy (non-hydrogen) atoms. The molecule has 0 aliphatic carbocycles. The average Bonchev–Trinajstić information content (AvgIpc) is 2.44. The lowest BCUT2D eigenvalue weighted by molar-refractivity contribution is -0.0617. The van der Waals surface area contributed by atoms with Gasteiger partial charge in [-0.1, -0.05) is 24.6 Å². The van der Waals surface area contributed by atoms with Gasteiger partial charge < -0.3 is 0 Å². The number of anilines is 1. The van der Waals surface area contributed by atoms with Gasteiger partial charge in [0.25, 0.3) is 0 Å². The molecule has 110 valence electrons. The van der Waals surface area contributed by atoms with Gasteiger partial charge in [0.05, 0.1) is 5.69 Å². The second-order valence-corrected chi connectivity index (χ2v) is 4.87. The highest BCUT2D eigenvalue weighted by molar-refractivity contribution is 5.92. The van der Waals surface area contributed by atoms with Crippen LogP contribution in [0.4, 0.5) is 18.9 Å². The molecule has 1 aliphatic rings. The molecule has 1 N–H and O–H groups in total. The number of para-hydroxylation sites is 1. The van der Waals surface area contributed by atoms with Crippen LogP contribution in [0.15, 0.2) is 35.4 Å². The zero-order chi connectivity index (χ0) is 14.4. The summed E-state index contributed by atoms with van der Waals surface area (Å²) in [5, 5.41) is 3.56. The predicted octanol–water partition coefficient (Wildman–Crippen LogP) is 3.50. The molecule has 0 amide bonds. The zero-order valence-electron chi connectivity index (χ0n) is 11.2. The molecule has 0 spiro atoms. The van der Waals surface area contributed by atoms with Crippen molar-refractivity contribution in [1.82, 2.24) is 4.90 Å². The van der Waals surface area contributed by atoms with Crippen LogP contribution in [0, 0.1) is 0 Å². The normalized spacial score (nSPS) is 18.1. The molecule has 6 heteroatoms. The Hall–Kier alpha value is -1.56. The highest BCUT2D eigenvalue weighted by Crippen LogP contribution is 2.20. The van der Waals surface area contributed by atoms with Crippen LogP contribution in [-0.4, -0.2) is 36.4 Å². The van der Waals surface area contributed by atoms with E-state index in [1.54, 1.807) is 30.3 Å². The Morgan fingerprint density at radius 1 is 1.10 bits per heavy atom. The zero-order valence-corrected chi connectivity index (χ0v) is 11.2. The second kappa shape index (κ2) is 6.74. The molecule has 1 aromatic rings. The summed E-state index contributed by atoms with van der Waals surface area (Å²) in [6.45, 7) is 1.27. The largest absolute Gasteiger partial charge is 0.432 e. The number of rotatable bonds is 4. The van der Waals surface area contributed by atoms with Gasteiger partial charge in [0.2, 0.25) is 0 Å². The van der Waals surface area contributed by atoms with Crippen LogP contribution in [0.1, 0.15) is 19.3 Å². The Balaban J connectivity index is 2.03. The van der Waals surface area contributed by atoms with Gasteiger partial charge in [0.1, 0.15) is 0 Å². The van der Waals surface area contributed by atoms with E-state index in [0.717, 1.165) is 19.3 Å². The molecule has 0 atom stereocenters. The van der Waals surface area contributed by atoms with Crippen molar-refractivity contribution in [1.29, 1.82) is 0 Å². The third-order valence-corrected chi connectivity index (χ3v) is 3.24. The van der Waals surface area contributed by atoms with Crippen LogP contribution in [0.2, 0.25) is 0 Å². The van der Waals surface area contributed by atoms with Gasteiger partial charge in [0, 0.05) is 6.54 Å². The number of piperidine rings is 1. The number of benzene rings is 1. The smallest absolute Gasteiger partial charge is 0.297 e. The van der Waals surface area contributed by atoms with Crippen LogP contribution in [0.3, 0.4) is 0 Å². The van der Waals surface area contributed by atoms with Gasteiger partial charge in [-0.25, -0.2) is 0 Å². The quantitative estimate of drug-likeness (QED) is 0.677. The highest BCUT2D eigenvalue weighted by Gasteiger charge is 2.37. The SMILES string of the molecule is FC(F)(F)/C(CN1CCCCC1)=N\Nc1ccccc1. The minimum absolute atomic E-state index is 0.149. The lowest BCUT2D eigenvalue weighted by Gasteiger charge is -2.27. The summed E-state index contributed by atoms with van der Waals surface area (Å²) < 4.78 is 38.9. The molecule has 0 unspecified atom stereocenters. The minimum atomic E-state index is -4.40. The van der Waals surface area contributed by atoms with E-state index in [2.05, 4.69) is 10.5 Å². The van der Waals surface area contributed by atoms with E-state index in [0.29, 0.717) is 18.8 Å². The number of hydrogen-bond donors (Lipinski definition) is 1. The molecule has 2 rings (SSSR count). The summed E-state index contributed by atoms with van der Waals surface area (Å²) in [6.07, 6.45) is -1.40. The Morgan fingerprint density at radius 2 is 1.75 bits per heavy atom. The Labute approximate surface area is 116 Å². The van der Waals surface area contributed by atoms with Gasteiger partial charge in [-0.15, -0.1) is 0 Å². The number of nitrogens with one attached hydrogen (secondary N) is 1. The average molecular weight is 285 g/mol. The van der Waals surface area contributed by atoms with Crippen LogP contribution in [-0.2, 0) is 0 Å². The molecular formula is C14H18F3N3. The highest BCUT2D eigenvalue weighted by atomic mass is 19.4. The van der Waals surface area contributed by atoms with Crippen molar-refractivity contribution in [2.24, 2.45) is 5.10 Å². The fourth-order valence-corrected chi connectivity index (χ4v) is 2.16. The maximum atomic E-state index is 13.0. The summed E-state index contributed by atoms with van der Waals surface area (Å²) in [5.41, 5.74) is 2.26. The number of halogens is 3. The standard InChI is InChI=1S/C14H18F3N3/c15-14(16,17)13(11-20-9-5-2-6-10-20)19-18-12-7-3-1-4-8-12/h1,3-4,7-8,18H,2,5-6,9-11H2/b19-13-. The van der Waals surface area contributed by atoms with Crippen molar-refractivity contribution >= 4 is 11.4 Å². The lowest BCUT2D eigenvalue weighted by atomic mass is 10.1. The number of hydrogen-bond acceptors (Lipinski definition) is 3. The second-order valence-electron chi connectivity index (χ2n) is 4.87. The first-order valence-electron chi connectivity index (χ1n) is 6.73. The fourth-order valence-electron chi connectivity index (χ4n) is 2.16. The first-order chi connectivity index (χ1) is 9.55. The van der Waals surface area contributed by atoms with Crippen LogP contribution < -0.4 is 5.43 Å². The van der Waals surface area contributed by atoms with Gasteiger partial charge >= 0.3 is 6.18 Å². The summed E-state index contributed by atoms with van der Waals surface area (Å²) in [7, 11) is 0. The van der Waals surface area contributed by atoms with Gasteiger partial charge in [-0.2, -0.15) is 18.3 Å². The van der Waals surface area contributed by atoms with E-state index in [-0.39, 0.29) is 6.54 Å². The van der Waals surface area contributed by atoms with E-state index < -0.39 is 11.9 Å². The molecule has 1 aliphatic heterocycles. The van der Waals surface area contributed by atoms with Gasteiger partial charge in [-0.05, 0) is 38.1 Å². The first kappa shape index (κ1) is 14.8. The molecule has 1 aromatic carbocycles. The number of nitrogens with zero attached hydrogens (tertiary/aromatic N) is 2. The number of alkyl halides is 3. The van der Waals surface area contributed by atoms with Crippen molar-refractivity contribution in [2.75, 3.05) is 25.1 Å². The molecule has 1 saturated heterocycles. The van der Waals surface area contributed by atoms with E-state index in [1.165, 1.54) is 0 Å². The van der Waals surface area contributed by atoms with Crippen molar-refractivity contribution in [2.45, 2.75) is 25.4 Å². The predicted molar refractivity (Wildman–Crippen MR) is 73.8 cm³/mol. The number of hydrazone groups is 1. The monoisotopic (exact) mass is 285 g/mol. The molecule has 1 heterocycles. The summed E-state index contributed by atoms with van der Waals surface area (Å²) in [4.78, 5) is 1.81. The molecule has 0 saturated carbocycles. The third kappa shape index (κ3) is 4.52. The van der Waals surface area contributed by atoms with E-state index in [1.807, 2.05) is 4.90 Å². The third-order valence-electron chi connectivity index (χ3n) is 3.24. The minimum Gasteiger partial charge on any atom is -0.297 e. The first-order valence-corrected chi connectivity index (χ1v) is 6.73. The summed E-state index contributed by atoms with van der Waals surface area (Å²) in [5.74, 6) is 0. The Bertz CT molecular complexity index is 437. The molecule has 0 radical (unpaired) electrons. The summed E-state index contributed by atoms with van der Waals surface area (Å²) >= 11 is 0. The number of likely N-dealkylation sites (tertiary alicyclic amines) is 1. The van der Waals surface area contributed by atoms with Crippen molar-refractivity contribution in [3.8, 4) is 0 Å². The molecule has 1 fully saturated rings. The van der Waals surface area contributed by atoms with E-state index >= 15 is 0 Å². The van der Waals surface area contributed by atoms with Crippen LogP contribution >= 0.6 is 0 Å². The van der Waals surface area contributed by atoms with Crippen molar-refractivity contribution in [3.63, 3.8) is 0 Å².